The largest absolute Gasteiger partial charge is 0.480 e. The molecule has 0 aromatic heterocycles. The maximum absolute atomic E-state index is 12.5. The molecule has 14 nitrogen and oxygen atoms in total. The lowest BCUT2D eigenvalue weighted by Gasteiger charge is -2.22. The van der Waals surface area contributed by atoms with Crippen molar-refractivity contribution in [2.45, 2.75) is 63.3 Å². The van der Waals surface area contributed by atoms with E-state index in [1.165, 1.54) is 6.92 Å². The Balaban J connectivity index is 4.80. The molecule has 4 atom stereocenters. The molecule has 0 aliphatic carbocycles. The molecular formula is C18H36N8O6. The van der Waals surface area contributed by atoms with Crippen molar-refractivity contribution >= 4 is 29.7 Å². The highest BCUT2D eigenvalue weighted by Crippen LogP contribution is 2.03. The van der Waals surface area contributed by atoms with Crippen LogP contribution in [0.4, 0.5) is 0 Å². The molecule has 32 heavy (non-hydrogen) atoms. The lowest BCUT2D eigenvalue weighted by molar-refractivity contribution is -0.142. The summed E-state index contributed by atoms with van der Waals surface area (Å²) < 4.78 is 0. The first-order valence-corrected chi connectivity index (χ1v) is 10.3. The van der Waals surface area contributed by atoms with Crippen LogP contribution in [0.25, 0.3) is 0 Å². The molecule has 0 heterocycles. The second-order valence-electron chi connectivity index (χ2n) is 7.24. The molecule has 0 fully saturated rings. The molecule has 0 aromatic rings. The molecular weight excluding hydrogens is 424 g/mol. The Labute approximate surface area is 186 Å². The molecule has 0 aliphatic heterocycles. The van der Waals surface area contributed by atoms with Crippen molar-refractivity contribution in [1.82, 2.24) is 16.0 Å². The Morgan fingerprint density at radius 1 is 0.969 bits per heavy atom. The third-order valence-corrected chi connectivity index (χ3v) is 4.40. The zero-order valence-corrected chi connectivity index (χ0v) is 18.3. The SMILES string of the molecule is C[C@@H](O)[C@H](N)C(=O)N[C@@H](CCCCN)C(=O)NCC(=O)N[C@@H](CCCN=C(N)N)C(=O)O. The zero-order chi connectivity index (χ0) is 24.7. The van der Waals surface area contributed by atoms with Gasteiger partial charge in [0, 0.05) is 6.54 Å². The van der Waals surface area contributed by atoms with Crippen LogP contribution < -0.4 is 38.9 Å². The number of aliphatic imine (C=N–C) groups is 1. The van der Waals surface area contributed by atoms with Crippen molar-refractivity contribution in [2.75, 3.05) is 19.6 Å². The van der Waals surface area contributed by atoms with Crippen LogP contribution in [0.3, 0.4) is 0 Å². The van der Waals surface area contributed by atoms with Gasteiger partial charge in [0.15, 0.2) is 5.96 Å². The number of rotatable bonds is 16. The molecule has 0 saturated heterocycles. The van der Waals surface area contributed by atoms with E-state index >= 15 is 0 Å². The van der Waals surface area contributed by atoms with E-state index in [0.717, 1.165) is 0 Å². The van der Waals surface area contributed by atoms with Crippen molar-refractivity contribution in [1.29, 1.82) is 0 Å². The van der Waals surface area contributed by atoms with Crippen LogP contribution in [0.1, 0.15) is 39.0 Å². The highest BCUT2D eigenvalue weighted by Gasteiger charge is 2.26. The molecule has 0 spiro atoms. The maximum atomic E-state index is 12.5. The average molecular weight is 461 g/mol. The second kappa shape index (κ2) is 15.8. The molecule has 0 saturated carbocycles. The first-order valence-electron chi connectivity index (χ1n) is 10.3. The summed E-state index contributed by atoms with van der Waals surface area (Å²) in [5, 5.41) is 25.8. The molecule has 0 aliphatic rings. The number of carboxylic acid groups (broad SMARTS) is 1. The monoisotopic (exact) mass is 460 g/mol. The summed E-state index contributed by atoms with van der Waals surface area (Å²) in [6, 6.07) is -3.41. The van der Waals surface area contributed by atoms with Gasteiger partial charge in [-0.2, -0.15) is 0 Å². The van der Waals surface area contributed by atoms with Crippen molar-refractivity contribution in [3.63, 3.8) is 0 Å². The number of aliphatic hydroxyl groups is 1. The zero-order valence-electron chi connectivity index (χ0n) is 18.3. The van der Waals surface area contributed by atoms with Gasteiger partial charge in [-0.3, -0.25) is 19.4 Å². The van der Waals surface area contributed by atoms with Crippen LogP contribution in [-0.2, 0) is 19.2 Å². The van der Waals surface area contributed by atoms with E-state index in [-0.39, 0.29) is 25.3 Å². The van der Waals surface area contributed by atoms with Gasteiger partial charge in [-0.25, -0.2) is 4.79 Å². The molecule has 13 N–H and O–H groups in total. The van der Waals surface area contributed by atoms with Crippen LogP contribution in [0, 0.1) is 0 Å². The van der Waals surface area contributed by atoms with Crippen molar-refractivity contribution in [2.24, 2.45) is 27.9 Å². The number of carbonyl (C=O) groups is 4. The molecule has 0 unspecified atom stereocenters. The van der Waals surface area contributed by atoms with E-state index < -0.39 is 54.5 Å². The quantitative estimate of drug-likeness (QED) is 0.0612. The number of nitrogens with one attached hydrogen (secondary N) is 3. The average Bonchev–Trinajstić information content (AvgIpc) is 2.72. The van der Waals surface area contributed by atoms with Gasteiger partial charge in [0.2, 0.25) is 17.7 Å². The number of aliphatic carboxylic acids is 1. The van der Waals surface area contributed by atoms with Gasteiger partial charge in [0.25, 0.3) is 0 Å². The van der Waals surface area contributed by atoms with Crippen molar-refractivity contribution < 1.29 is 29.4 Å². The second-order valence-corrected chi connectivity index (χ2v) is 7.24. The van der Waals surface area contributed by atoms with Gasteiger partial charge in [-0.15, -0.1) is 0 Å². The summed E-state index contributed by atoms with van der Waals surface area (Å²) in [4.78, 5) is 51.7. The third kappa shape index (κ3) is 12.7. The highest BCUT2D eigenvalue weighted by atomic mass is 16.4. The van der Waals surface area contributed by atoms with Crippen LogP contribution >= 0.6 is 0 Å². The number of guanidine groups is 1. The Hall–Kier alpha value is -2.97. The Kier molecular flexibility index (Phi) is 14.3. The highest BCUT2D eigenvalue weighted by molar-refractivity contribution is 5.92. The van der Waals surface area contributed by atoms with Gasteiger partial charge < -0.3 is 49.1 Å². The van der Waals surface area contributed by atoms with Crippen LogP contribution in [0.15, 0.2) is 4.99 Å². The fraction of sp³-hybridized carbons (Fsp3) is 0.722. The number of nitrogens with two attached hydrogens (primary N) is 4. The van der Waals surface area contributed by atoms with E-state index in [4.69, 9.17) is 22.9 Å². The smallest absolute Gasteiger partial charge is 0.326 e. The normalized spacial score (nSPS) is 14.4. The lowest BCUT2D eigenvalue weighted by Crippen LogP contribution is -2.55. The first-order chi connectivity index (χ1) is 15.0. The Morgan fingerprint density at radius 2 is 1.59 bits per heavy atom. The van der Waals surface area contributed by atoms with E-state index in [9.17, 15) is 29.4 Å². The summed E-state index contributed by atoms with van der Waals surface area (Å²) >= 11 is 0. The molecule has 184 valence electrons. The van der Waals surface area contributed by atoms with Gasteiger partial charge in [-0.05, 0) is 45.6 Å². The molecule has 3 amide bonds. The van der Waals surface area contributed by atoms with Crippen molar-refractivity contribution in [3.05, 3.63) is 0 Å². The van der Waals surface area contributed by atoms with Gasteiger partial charge in [-0.1, -0.05) is 0 Å². The topological polar surface area (TPSA) is 261 Å². The minimum absolute atomic E-state index is 0.0841. The number of hydrogen-bond donors (Lipinski definition) is 9. The number of carbonyl (C=O) groups excluding carboxylic acids is 3. The number of aliphatic hydroxyl groups excluding tert-OH is 1. The Bertz CT molecular complexity index is 653. The molecule has 0 radical (unpaired) electrons. The van der Waals surface area contributed by atoms with Gasteiger partial charge >= 0.3 is 5.97 Å². The Morgan fingerprint density at radius 3 is 2.12 bits per heavy atom. The summed E-state index contributed by atoms with van der Waals surface area (Å²) in [6.07, 6.45) is 0.672. The lowest BCUT2D eigenvalue weighted by atomic mass is 10.1. The molecule has 14 heteroatoms. The fourth-order valence-electron chi connectivity index (χ4n) is 2.55. The number of amides is 3. The minimum atomic E-state index is -1.24. The summed E-state index contributed by atoms with van der Waals surface area (Å²) in [5.41, 5.74) is 21.4. The fourth-order valence-corrected chi connectivity index (χ4v) is 2.55. The van der Waals surface area contributed by atoms with Gasteiger partial charge in [0.05, 0.1) is 12.6 Å². The molecule has 0 rings (SSSR count). The first kappa shape index (κ1) is 29.0. The minimum Gasteiger partial charge on any atom is -0.480 e. The number of nitrogens with zero attached hydrogens (tertiary/aromatic N) is 1. The summed E-state index contributed by atoms with van der Waals surface area (Å²) in [5.74, 6) is -3.45. The third-order valence-electron chi connectivity index (χ3n) is 4.40. The molecule has 0 bridgehead atoms. The number of hydrogen-bond acceptors (Lipinski definition) is 8. The summed E-state index contributed by atoms with van der Waals surface area (Å²) in [6.45, 7) is 1.45. The maximum Gasteiger partial charge on any atom is 0.326 e. The predicted molar refractivity (Wildman–Crippen MR) is 117 cm³/mol. The van der Waals surface area contributed by atoms with E-state index in [1.807, 2.05) is 0 Å². The van der Waals surface area contributed by atoms with E-state index in [1.54, 1.807) is 0 Å². The van der Waals surface area contributed by atoms with E-state index in [2.05, 4.69) is 20.9 Å². The number of unbranched alkanes of at least 4 members (excludes halogenated alkanes) is 1. The van der Waals surface area contributed by atoms with Crippen LogP contribution in [-0.4, -0.2) is 83.7 Å². The standard InChI is InChI=1S/C18H36N8O6/c1-10(27)14(20)16(30)26-11(5-2-3-7-19)15(29)24-9-13(28)25-12(17(31)32)6-4-8-23-18(21)22/h10-12,14,27H,2-9,19-20H2,1H3,(H,24,29)(H,25,28)(H,26,30)(H,31,32)(H4,21,22,23)/t10-,11+,12+,14+/m1/s1. The molecule has 0 aromatic carbocycles. The van der Waals surface area contributed by atoms with E-state index in [0.29, 0.717) is 25.8 Å². The van der Waals surface area contributed by atoms with Crippen LogP contribution in [0.2, 0.25) is 0 Å². The van der Waals surface area contributed by atoms with Crippen molar-refractivity contribution in [3.8, 4) is 0 Å². The van der Waals surface area contributed by atoms with Crippen LogP contribution in [0.5, 0.6) is 0 Å². The number of carboxylic acids is 1. The summed E-state index contributed by atoms with van der Waals surface area (Å²) in [7, 11) is 0. The predicted octanol–water partition coefficient (Wildman–Crippen LogP) is -3.95. The van der Waals surface area contributed by atoms with Gasteiger partial charge in [0.1, 0.15) is 18.1 Å².